The van der Waals surface area contributed by atoms with Crippen molar-refractivity contribution in [1.82, 2.24) is 5.16 Å². The van der Waals surface area contributed by atoms with E-state index in [-0.39, 0.29) is 11.2 Å². The molecule has 0 N–H and O–H groups in total. The lowest BCUT2D eigenvalue weighted by Gasteiger charge is -2.18. The minimum Gasteiger partial charge on any atom is -0.460 e. The molecule has 128 valence electrons. The summed E-state index contributed by atoms with van der Waals surface area (Å²) in [6.07, 6.45) is 1.52. The molecule has 0 saturated heterocycles. The predicted octanol–water partition coefficient (Wildman–Crippen LogP) is 4.39. The van der Waals surface area contributed by atoms with Gasteiger partial charge in [0.1, 0.15) is 28.6 Å². The van der Waals surface area contributed by atoms with Crippen molar-refractivity contribution >= 4 is 20.8 Å². The fourth-order valence-corrected chi connectivity index (χ4v) is 3.98. The summed E-state index contributed by atoms with van der Waals surface area (Å²) >= 11 is 0. The monoisotopic (exact) mass is 347 g/mol. The highest BCUT2D eigenvalue weighted by Crippen LogP contribution is 2.32. The summed E-state index contributed by atoms with van der Waals surface area (Å²) in [5.41, 5.74) is 1.73. The van der Waals surface area contributed by atoms with Crippen molar-refractivity contribution in [1.29, 1.82) is 0 Å². The highest BCUT2D eigenvalue weighted by Gasteiger charge is 2.30. The smallest absolute Gasteiger partial charge is 0.165 e. The number of benzene rings is 1. The van der Waals surface area contributed by atoms with Gasteiger partial charge in [-0.2, -0.15) is 0 Å². The number of sulfone groups is 1. The van der Waals surface area contributed by atoms with Crippen molar-refractivity contribution in [3.63, 3.8) is 0 Å². The summed E-state index contributed by atoms with van der Waals surface area (Å²) in [5.74, 6) is 0.269. The molecule has 5 nitrogen and oxygen atoms in total. The van der Waals surface area contributed by atoms with Gasteiger partial charge in [-0.25, -0.2) is 8.42 Å². The minimum atomic E-state index is -3.48. The van der Waals surface area contributed by atoms with Crippen molar-refractivity contribution in [2.45, 2.75) is 44.1 Å². The second-order valence-electron chi connectivity index (χ2n) is 7.06. The van der Waals surface area contributed by atoms with E-state index in [0.29, 0.717) is 17.0 Å². The van der Waals surface area contributed by atoms with Gasteiger partial charge in [0, 0.05) is 10.9 Å². The zero-order chi connectivity index (χ0) is 17.5. The van der Waals surface area contributed by atoms with Crippen LogP contribution in [0.2, 0.25) is 0 Å². The number of fused-ring (bicyclic) bond motifs is 1. The topological polar surface area (TPSA) is 73.3 Å². The quantitative estimate of drug-likeness (QED) is 0.699. The van der Waals surface area contributed by atoms with Crippen molar-refractivity contribution in [2.24, 2.45) is 0 Å². The molecule has 0 radical (unpaired) electrons. The molecule has 0 fully saturated rings. The van der Waals surface area contributed by atoms with Gasteiger partial charge in [-0.3, -0.25) is 0 Å². The van der Waals surface area contributed by atoms with Gasteiger partial charge in [-0.05, 0) is 24.5 Å². The molecule has 2 aromatic heterocycles. The molecule has 1 aromatic carbocycles. The normalized spacial score (nSPS) is 14.2. The number of nitrogens with zero attached hydrogens (tertiary/aromatic N) is 1. The highest BCUT2D eigenvalue weighted by atomic mass is 32.2. The third-order valence-electron chi connectivity index (χ3n) is 4.17. The van der Waals surface area contributed by atoms with Crippen LogP contribution < -0.4 is 0 Å². The van der Waals surface area contributed by atoms with E-state index < -0.39 is 15.1 Å². The molecule has 0 aliphatic carbocycles. The summed E-state index contributed by atoms with van der Waals surface area (Å²) in [7, 11) is -3.48. The van der Waals surface area contributed by atoms with Gasteiger partial charge in [0.05, 0.1) is 5.75 Å². The summed E-state index contributed by atoms with van der Waals surface area (Å²) in [4.78, 5) is 0. The Morgan fingerprint density at radius 1 is 1.21 bits per heavy atom. The first kappa shape index (κ1) is 16.8. The van der Waals surface area contributed by atoms with E-state index in [1.807, 2.05) is 45.0 Å². The van der Waals surface area contributed by atoms with Gasteiger partial charge in [0.15, 0.2) is 9.84 Å². The second-order valence-corrected chi connectivity index (χ2v) is 9.38. The lowest BCUT2D eigenvalue weighted by Crippen LogP contribution is -2.17. The molecule has 0 bridgehead atoms. The molecule has 3 rings (SSSR count). The third-order valence-corrected chi connectivity index (χ3v) is 6.16. The maximum atomic E-state index is 12.8. The Kier molecular flexibility index (Phi) is 4.03. The number of rotatable bonds is 4. The van der Waals surface area contributed by atoms with Gasteiger partial charge >= 0.3 is 0 Å². The number of furan rings is 1. The van der Waals surface area contributed by atoms with Crippen LogP contribution in [-0.4, -0.2) is 13.6 Å². The molecule has 0 amide bonds. The SMILES string of the molecule is CC(c1cc2ccccc2o1)S(=O)(=O)Cc1nocc1C(C)(C)C. The van der Waals surface area contributed by atoms with E-state index in [4.69, 9.17) is 8.94 Å². The molecule has 0 aliphatic rings. The second kappa shape index (κ2) is 5.77. The molecular weight excluding hydrogens is 326 g/mol. The van der Waals surface area contributed by atoms with E-state index in [9.17, 15) is 8.42 Å². The maximum Gasteiger partial charge on any atom is 0.165 e. The Morgan fingerprint density at radius 2 is 1.92 bits per heavy atom. The molecule has 6 heteroatoms. The van der Waals surface area contributed by atoms with E-state index in [1.54, 1.807) is 13.0 Å². The zero-order valence-electron chi connectivity index (χ0n) is 14.2. The standard InChI is InChI=1S/C18H21NO4S/c1-12(17-9-13-7-5-6-8-16(13)23-17)24(20,21)11-15-14(10-22-19-15)18(2,3)4/h5-10,12H,11H2,1-4H3. The van der Waals surface area contributed by atoms with E-state index in [0.717, 1.165) is 10.9 Å². The van der Waals surface area contributed by atoms with Gasteiger partial charge in [0.2, 0.25) is 0 Å². The summed E-state index contributed by atoms with van der Waals surface area (Å²) in [5, 5.41) is 4.04. The Morgan fingerprint density at radius 3 is 2.58 bits per heavy atom. The predicted molar refractivity (Wildman–Crippen MR) is 92.5 cm³/mol. The lowest BCUT2D eigenvalue weighted by molar-refractivity contribution is 0.411. The number of para-hydroxylation sites is 1. The van der Waals surface area contributed by atoms with E-state index >= 15 is 0 Å². The van der Waals surface area contributed by atoms with Crippen LogP contribution >= 0.6 is 0 Å². The van der Waals surface area contributed by atoms with E-state index in [2.05, 4.69) is 5.16 Å². The first-order chi connectivity index (χ1) is 11.2. The van der Waals surface area contributed by atoms with E-state index in [1.165, 1.54) is 6.26 Å². The summed E-state index contributed by atoms with van der Waals surface area (Å²) in [6.45, 7) is 7.64. The molecule has 24 heavy (non-hydrogen) atoms. The van der Waals surface area contributed by atoms with Crippen LogP contribution in [0.1, 0.15) is 50.0 Å². The van der Waals surface area contributed by atoms with Crippen LogP contribution in [0.3, 0.4) is 0 Å². The van der Waals surface area contributed by atoms with Crippen molar-refractivity contribution in [2.75, 3.05) is 0 Å². The van der Waals surface area contributed by atoms with Crippen molar-refractivity contribution < 1.29 is 17.4 Å². The van der Waals surface area contributed by atoms with Crippen LogP contribution in [-0.2, 0) is 21.0 Å². The van der Waals surface area contributed by atoms with Crippen LogP contribution in [0.15, 0.2) is 45.5 Å². The van der Waals surface area contributed by atoms with Gasteiger partial charge in [-0.1, -0.05) is 44.1 Å². The molecule has 0 spiro atoms. The average molecular weight is 347 g/mol. The van der Waals surface area contributed by atoms with Crippen LogP contribution in [0, 0.1) is 0 Å². The molecule has 3 aromatic rings. The number of hydrogen-bond acceptors (Lipinski definition) is 5. The number of aromatic nitrogens is 1. The average Bonchev–Trinajstić information content (AvgIpc) is 3.11. The number of hydrogen-bond donors (Lipinski definition) is 0. The zero-order valence-corrected chi connectivity index (χ0v) is 15.1. The summed E-state index contributed by atoms with van der Waals surface area (Å²) < 4.78 is 36.3. The fraction of sp³-hybridized carbons (Fsp3) is 0.389. The Balaban J connectivity index is 1.91. The van der Waals surface area contributed by atoms with Gasteiger partial charge < -0.3 is 8.94 Å². The van der Waals surface area contributed by atoms with Gasteiger partial charge in [-0.15, -0.1) is 0 Å². The molecule has 2 heterocycles. The first-order valence-electron chi connectivity index (χ1n) is 7.82. The Labute approximate surface area is 141 Å². The highest BCUT2D eigenvalue weighted by molar-refractivity contribution is 7.90. The maximum absolute atomic E-state index is 12.8. The summed E-state index contributed by atoms with van der Waals surface area (Å²) in [6, 6.07) is 9.27. The Bertz CT molecular complexity index is 927. The van der Waals surface area contributed by atoms with Crippen LogP contribution in [0.25, 0.3) is 11.0 Å². The molecule has 1 unspecified atom stereocenters. The molecule has 0 aliphatic heterocycles. The first-order valence-corrected chi connectivity index (χ1v) is 9.54. The minimum absolute atomic E-state index is 0.172. The third kappa shape index (κ3) is 3.11. The Hall–Kier alpha value is -2.08. The fourth-order valence-electron chi connectivity index (χ4n) is 2.67. The molecular formula is C18H21NO4S. The molecule has 1 atom stereocenters. The van der Waals surface area contributed by atoms with Crippen molar-refractivity contribution in [3.05, 3.63) is 53.6 Å². The molecule has 0 saturated carbocycles. The van der Waals surface area contributed by atoms with Gasteiger partial charge in [0.25, 0.3) is 0 Å². The van der Waals surface area contributed by atoms with Crippen molar-refractivity contribution in [3.8, 4) is 0 Å². The van der Waals surface area contributed by atoms with Crippen LogP contribution in [0.4, 0.5) is 0 Å². The lowest BCUT2D eigenvalue weighted by atomic mass is 9.88. The largest absolute Gasteiger partial charge is 0.460 e. The van der Waals surface area contributed by atoms with Crippen LogP contribution in [0.5, 0.6) is 0 Å².